The van der Waals surface area contributed by atoms with E-state index in [4.69, 9.17) is 16.6 Å². The molecule has 2 N–H and O–H groups in total. The van der Waals surface area contributed by atoms with Crippen molar-refractivity contribution in [2.45, 2.75) is 25.9 Å². The lowest BCUT2D eigenvalue weighted by molar-refractivity contribution is -0.122. The van der Waals surface area contributed by atoms with Crippen molar-refractivity contribution in [3.63, 3.8) is 0 Å². The van der Waals surface area contributed by atoms with Gasteiger partial charge in [-0.05, 0) is 42.7 Å². The van der Waals surface area contributed by atoms with E-state index in [0.29, 0.717) is 17.7 Å². The van der Waals surface area contributed by atoms with Crippen LogP contribution in [0.2, 0.25) is 0 Å². The second-order valence-electron chi connectivity index (χ2n) is 6.21. The fourth-order valence-corrected chi connectivity index (χ4v) is 3.88. The van der Waals surface area contributed by atoms with Crippen molar-refractivity contribution in [1.82, 2.24) is 20.1 Å². The summed E-state index contributed by atoms with van der Waals surface area (Å²) in [6, 6.07) is 13.5. The highest BCUT2D eigenvalue weighted by atomic mass is 32.1. The Morgan fingerprint density at radius 2 is 2.22 bits per heavy atom. The van der Waals surface area contributed by atoms with Gasteiger partial charge in [0.1, 0.15) is 11.3 Å². The molecule has 4 rings (SSSR count). The van der Waals surface area contributed by atoms with Crippen LogP contribution in [-0.4, -0.2) is 20.7 Å². The Kier molecular flexibility index (Phi) is 4.91. The number of furan rings is 1. The number of rotatable bonds is 6. The number of nitrogens with one attached hydrogen (secondary N) is 2. The highest BCUT2D eigenvalue weighted by Gasteiger charge is 2.16. The third kappa shape index (κ3) is 3.72. The molecular weight excluding hydrogens is 380 g/mol. The summed E-state index contributed by atoms with van der Waals surface area (Å²) in [4.78, 5) is 13.4. The second-order valence-corrected chi connectivity index (χ2v) is 7.54. The predicted molar refractivity (Wildman–Crippen MR) is 108 cm³/mol. The largest absolute Gasteiger partial charge is 0.459 e. The molecule has 0 spiro atoms. The van der Waals surface area contributed by atoms with Gasteiger partial charge in [0, 0.05) is 18.4 Å². The Morgan fingerprint density at radius 3 is 3.00 bits per heavy atom. The van der Waals surface area contributed by atoms with Gasteiger partial charge < -0.3 is 9.73 Å². The van der Waals surface area contributed by atoms with Gasteiger partial charge in [-0.1, -0.05) is 24.3 Å². The van der Waals surface area contributed by atoms with E-state index >= 15 is 0 Å². The van der Waals surface area contributed by atoms with Crippen molar-refractivity contribution in [3.05, 3.63) is 58.4 Å². The first-order valence-corrected chi connectivity index (χ1v) is 9.87. The monoisotopic (exact) mass is 398 g/mol. The van der Waals surface area contributed by atoms with Crippen molar-refractivity contribution < 1.29 is 9.21 Å². The van der Waals surface area contributed by atoms with E-state index < -0.39 is 0 Å². The van der Waals surface area contributed by atoms with Crippen LogP contribution in [0.15, 0.2) is 52.3 Å². The van der Waals surface area contributed by atoms with E-state index in [1.807, 2.05) is 59.3 Å². The maximum absolute atomic E-state index is 12.4. The number of aromatic amines is 1. The van der Waals surface area contributed by atoms with Gasteiger partial charge in [0.25, 0.3) is 0 Å². The van der Waals surface area contributed by atoms with Crippen LogP contribution in [-0.2, 0) is 11.3 Å². The Bertz CT molecular complexity index is 1090. The summed E-state index contributed by atoms with van der Waals surface area (Å²) in [6.45, 7) is 2.37. The van der Waals surface area contributed by atoms with Crippen molar-refractivity contribution in [1.29, 1.82) is 0 Å². The number of amides is 1. The minimum Gasteiger partial charge on any atom is -0.459 e. The number of hydrogen-bond donors (Lipinski definition) is 2. The molecule has 0 saturated heterocycles. The van der Waals surface area contributed by atoms with Gasteiger partial charge in [0.05, 0.1) is 10.9 Å². The lowest BCUT2D eigenvalue weighted by Crippen LogP contribution is -2.27. The molecule has 6 nitrogen and oxygen atoms in total. The molecule has 27 heavy (non-hydrogen) atoms. The average Bonchev–Trinajstić information content (AvgIpc) is 3.39. The van der Waals surface area contributed by atoms with Gasteiger partial charge in [-0.2, -0.15) is 5.10 Å². The van der Waals surface area contributed by atoms with Gasteiger partial charge in [-0.15, -0.1) is 11.3 Å². The third-order valence-electron chi connectivity index (χ3n) is 4.31. The lowest BCUT2D eigenvalue weighted by atomic mass is 10.2. The molecular formula is C19H18N4O2S2. The first-order chi connectivity index (χ1) is 13.1. The summed E-state index contributed by atoms with van der Waals surface area (Å²) >= 11 is 6.89. The molecule has 0 radical (unpaired) electrons. The number of fused-ring (bicyclic) bond motifs is 1. The quantitative estimate of drug-likeness (QED) is 0.462. The van der Waals surface area contributed by atoms with E-state index in [-0.39, 0.29) is 11.9 Å². The first-order valence-electron chi connectivity index (χ1n) is 8.59. The number of para-hydroxylation sites is 1. The minimum atomic E-state index is -0.209. The van der Waals surface area contributed by atoms with Crippen LogP contribution in [0.4, 0.5) is 0 Å². The van der Waals surface area contributed by atoms with Crippen LogP contribution in [0.25, 0.3) is 21.7 Å². The highest BCUT2D eigenvalue weighted by Crippen LogP contribution is 2.24. The molecule has 8 heteroatoms. The number of benzene rings is 1. The second kappa shape index (κ2) is 7.50. The van der Waals surface area contributed by atoms with Gasteiger partial charge in [0.15, 0.2) is 10.6 Å². The van der Waals surface area contributed by atoms with E-state index in [0.717, 1.165) is 27.4 Å². The number of carbonyl (C=O) groups excluding carboxylic acids is 1. The van der Waals surface area contributed by atoms with Crippen LogP contribution in [0.3, 0.4) is 0 Å². The minimum absolute atomic E-state index is 0.0665. The third-order valence-corrected chi connectivity index (χ3v) is 5.49. The Balaban J connectivity index is 1.41. The average molecular weight is 399 g/mol. The van der Waals surface area contributed by atoms with Gasteiger partial charge in [-0.25, -0.2) is 0 Å². The van der Waals surface area contributed by atoms with Crippen LogP contribution in [0.1, 0.15) is 25.1 Å². The summed E-state index contributed by atoms with van der Waals surface area (Å²) in [5.74, 6) is 1.43. The number of H-pyrrole nitrogens is 1. The maximum Gasteiger partial charge on any atom is 0.222 e. The number of thiophene rings is 1. The Morgan fingerprint density at radius 1 is 1.37 bits per heavy atom. The molecule has 0 saturated carbocycles. The van der Waals surface area contributed by atoms with Crippen LogP contribution >= 0.6 is 23.6 Å². The topological polar surface area (TPSA) is 75.8 Å². The summed E-state index contributed by atoms with van der Waals surface area (Å²) in [5.41, 5.74) is 0.818. The van der Waals surface area contributed by atoms with E-state index in [1.165, 1.54) is 0 Å². The molecule has 3 heterocycles. The highest BCUT2D eigenvalue weighted by molar-refractivity contribution is 7.71. The van der Waals surface area contributed by atoms with Crippen molar-refractivity contribution in [2.24, 2.45) is 0 Å². The zero-order valence-corrected chi connectivity index (χ0v) is 16.3. The fraction of sp³-hybridized carbons (Fsp3) is 0.211. The van der Waals surface area contributed by atoms with Gasteiger partial charge in [-0.3, -0.25) is 14.5 Å². The van der Waals surface area contributed by atoms with Crippen molar-refractivity contribution in [2.75, 3.05) is 0 Å². The lowest BCUT2D eigenvalue weighted by Gasteiger charge is -2.12. The van der Waals surface area contributed by atoms with E-state index in [1.54, 1.807) is 11.3 Å². The number of hydrogen-bond acceptors (Lipinski definition) is 5. The normalized spacial score (nSPS) is 12.3. The zero-order chi connectivity index (χ0) is 18.8. The first kappa shape index (κ1) is 17.7. The summed E-state index contributed by atoms with van der Waals surface area (Å²) in [6.07, 6.45) is 0.302. The summed E-state index contributed by atoms with van der Waals surface area (Å²) in [7, 11) is 0. The number of nitrogens with zero attached hydrogens (tertiary/aromatic N) is 2. The van der Waals surface area contributed by atoms with Crippen molar-refractivity contribution >= 4 is 40.4 Å². The van der Waals surface area contributed by atoms with Crippen molar-refractivity contribution in [3.8, 4) is 10.7 Å². The molecule has 0 bridgehead atoms. The molecule has 138 valence electrons. The Labute approximate surface area is 164 Å². The Hall–Kier alpha value is -2.71. The SMILES string of the molecule is CC(NC(=O)CCn1c(-c2cccs2)n[nH]c1=S)c1cc2ccccc2o1. The van der Waals surface area contributed by atoms with Gasteiger partial charge in [0.2, 0.25) is 5.91 Å². The fourth-order valence-electron chi connectivity index (χ4n) is 2.93. The maximum atomic E-state index is 12.4. The summed E-state index contributed by atoms with van der Waals surface area (Å²) < 4.78 is 8.18. The zero-order valence-electron chi connectivity index (χ0n) is 14.6. The van der Waals surface area contributed by atoms with Gasteiger partial charge >= 0.3 is 0 Å². The van der Waals surface area contributed by atoms with E-state index in [2.05, 4.69) is 15.5 Å². The van der Waals surface area contributed by atoms with Crippen LogP contribution < -0.4 is 5.32 Å². The predicted octanol–water partition coefficient (Wildman–Crippen LogP) is 4.68. The molecule has 1 aromatic carbocycles. The summed E-state index contributed by atoms with van der Waals surface area (Å²) in [5, 5.41) is 13.1. The molecule has 0 fully saturated rings. The molecule has 1 amide bonds. The van der Waals surface area contributed by atoms with E-state index in [9.17, 15) is 4.79 Å². The molecule has 1 atom stereocenters. The molecule has 0 aliphatic carbocycles. The molecule has 3 aromatic heterocycles. The van der Waals surface area contributed by atoms with Crippen LogP contribution in [0, 0.1) is 4.77 Å². The van der Waals surface area contributed by atoms with Crippen LogP contribution in [0.5, 0.6) is 0 Å². The standard InChI is InChI=1S/C19H18N4O2S2/c1-12(15-11-13-5-2-3-6-14(13)25-15)20-17(24)8-9-23-18(21-22-19(23)26)16-7-4-10-27-16/h2-7,10-12H,8-9H2,1H3,(H,20,24)(H,22,26). The molecule has 1 unspecified atom stereocenters. The number of carbonyl (C=O) groups is 1. The molecule has 0 aliphatic rings. The number of aromatic nitrogens is 3. The molecule has 4 aromatic rings. The molecule has 0 aliphatic heterocycles. The smallest absolute Gasteiger partial charge is 0.222 e.